The van der Waals surface area contributed by atoms with Gasteiger partial charge in [0.15, 0.2) is 0 Å². The van der Waals surface area contributed by atoms with Gasteiger partial charge in [0.25, 0.3) is 0 Å². The molecule has 1 aromatic rings. The van der Waals surface area contributed by atoms with Gasteiger partial charge in [0.1, 0.15) is 5.82 Å². The fourth-order valence-corrected chi connectivity index (χ4v) is 2.04. The maximum Gasteiger partial charge on any atom is 0.322 e. The molecule has 0 saturated heterocycles. The van der Waals surface area contributed by atoms with Gasteiger partial charge in [0.2, 0.25) is 0 Å². The Labute approximate surface area is 106 Å². The van der Waals surface area contributed by atoms with Crippen molar-refractivity contribution in [3.05, 3.63) is 30.1 Å². The summed E-state index contributed by atoms with van der Waals surface area (Å²) in [5.41, 5.74) is 5.72. The number of nitrogens with two attached hydrogens (primary N) is 1. The lowest BCUT2D eigenvalue weighted by Gasteiger charge is -2.37. The van der Waals surface area contributed by atoms with Gasteiger partial charge in [0.05, 0.1) is 5.69 Å². The number of anilines is 1. The average molecular weight is 251 g/mol. The van der Waals surface area contributed by atoms with Gasteiger partial charge in [-0.2, -0.15) is 0 Å². The Morgan fingerprint density at radius 1 is 1.44 bits per heavy atom. The third kappa shape index (κ3) is 2.79. The molecule has 3 N–H and O–H groups in total. The second kappa shape index (κ2) is 5.82. The van der Waals surface area contributed by atoms with E-state index in [2.05, 4.69) is 5.32 Å². The van der Waals surface area contributed by atoms with Gasteiger partial charge < -0.3 is 16.0 Å². The van der Waals surface area contributed by atoms with E-state index in [9.17, 15) is 9.18 Å². The number of nitrogens with zero attached hydrogens (tertiary/aromatic N) is 1. The highest BCUT2D eigenvalue weighted by Gasteiger charge is 2.28. The Kier molecular flexibility index (Phi) is 4.15. The number of hydrogen-bond acceptors (Lipinski definition) is 2. The maximum atomic E-state index is 13.4. The topological polar surface area (TPSA) is 58.4 Å². The molecule has 1 aliphatic rings. The molecule has 0 heterocycles. The lowest BCUT2D eigenvalue weighted by atomic mass is 9.91. The van der Waals surface area contributed by atoms with Crippen LogP contribution in [0.4, 0.5) is 14.9 Å². The highest BCUT2D eigenvalue weighted by molar-refractivity contribution is 5.89. The number of nitrogens with one attached hydrogen (secondary N) is 1. The fourth-order valence-electron chi connectivity index (χ4n) is 2.04. The zero-order valence-electron chi connectivity index (χ0n) is 10.2. The molecule has 18 heavy (non-hydrogen) atoms. The van der Waals surface area contributed by atoms with Crippen molar-refractivity contribution >= 4 is 11.7 Å². The third-order valence-corrected chi connectivity index (χ3v) is 3.26. The Bertz CT molecular complexity index is 420. The molecule has 0 radical (unpaired) electrons. The molecule has 0 aromatic heterocycles. The van der Waals surface area contributed by atoms with Crippen LogP contribution in [0.5, 0.6) is 0 Å². The normalized spacial score (nSPS) is 15.0. The molecular formula is C13H18FN3O. The number of rotatable bonds is 4. The zero-order chi connectivity index (χ0) is 13.0. The van der Waals surface area contributed by atoms with E-state index in [1.807, 2.05) is 0 Å². The quantitative estimate of drug-likeness (QED) is 0.861. The molecule has 1 aromatic carbocycles. The summed E-state index contributed by atoms with van der Waals surface area (Å²) < 4.78 is 13.4. The first-order valence-corrected chi connectivity index (χ1v) is 6.24. The third-order valence-electron chi connectivity index (χ3n) is 3.26. The summed E-state index contributed by atoms with van der Waals surface area (Å²) in [6, 6.07) is 6.14. The molecule has 0 spiro atoms. The lowest BCUT2D eigenvalue weighted by molar-refractivity contribution is 0.151. The predicted octanol–water partition coefficient (Wildman–Crippen LogP) is 2.17. The summed E-state index contributed by atoms with van der Waals surface area (Å²) in [6.45, 7) is 0.923. The van der Waals surface area contributed by atoms with Crippen LogP contribution in [0.25, 0.3) is 0 Å². The number of hydrogen-bond donors (Lipinski definition) is 2. The van der Waals surface area contributed by atoms with Crippen molar-refractivity contribution in [1.82, 2.24) is 4.90 Å². The van der Waals surface area contributed by atoms with Gasteiger partial charge >= 0.3 is 6.03 Å². The summed E-state index contributed by atoms with van der Waals surface area (Å²) in [6.07, 6.45) is 3.15. The second-order valence-electron chi connectivity index (χ2n) is 4.48. The van der Waals surface area contributed by atoms with E-state index in [0.29, 0.717) is 13.1 Å². The van der Waals surface area contributed by atoms with Crippen molar-refractivity contribution in [2.75, 3.05) is 18.4 Å². The van der Waals surface area contributed by atoms with Crippen LogP contribution in [0.1, 0.15) is 19.3 Å². The van der Waals surface area contributed by atoms with Gasteiger partial charge in [-0.05, 0) is 31.4 Å². The molecular weight excluding hydrogens is 233 g/mol. The molecule has 5 heteroatoms. The van der Waals surface area contributed by atoms with Crippen LogP contribution in [0.2, 0.25) is 0 Å². The van der Waals surface area contributed by atoms with Crippen molar-refractivity contribution in [3.63, 3.8) is 0 Å². The number of amides is 2. The van der Waals surface area contributed by atoms with E-state index >= 15 is 0 Å². The van der Waals surface area contributed by atoms with Gasteiger partial charge in [-0.3, -0.25) is 0 Å². The van der Waals surface area contributed by atoms with Crippen molar-refractivity contribution in [2.24, 2.45) is 5.73 Å². The molecule has 1 aliphatic carbocycles. The van der Waals surface area contributed by atoms with Crippen molar-refractivity contribution in [1.29, 1.82) is 0 Å². The number of halogens is 1. The molecule has 0 unspecified atom stereocenters. The molecule has 4 nitrogen and oxygen atoms in total. The number of carbonyl (C=O) groups is 1. The van der Waals surface area contributed by atoms with Crippen LogP contribution in [-0.2, 0) is 0 Å². The molecule has 1 fully saturated rings. The minimum Gasteiger partial charge on any atom is -0.329 e. The van der Waals surface area contributed by atoms with Crippen LogP contribution in [-0.4, -0.2) is 30.1 Å². The van der Waals surface area contributed by atoms with E-state index in [1.165, 1.54) is 6.07 Å². The molecule has 2 amide bonds. The van der Waals surface area contributed by atoms with E-state index in [4.69, 9.17) is 5.73 Å². The molecule has 2 rings (SSSR count). The highest BCUT2D eigenvalue weighted by Crippen LogP contribution is 2.25. The van der Waals surface area contributed by atoms with Gasteiger partial charge in [0, 0.05) is 19.1 Å². The Balaban J connectivity index is 2.02. The minimum absolute atomic E-state index is 0.212. The smallest absolute Gasteiger partial charge is 0.322 e. The summed E-state index contributed by atoms with van der Waals surface area (Å²) in [5, 5.41) is 2.60. The van der Waals surface area contributed by atoms with Crippen molar-refractivity contribution in [2.45, 2.75) is 25.3 Å². The monoisotopic (exact) mass is 251 g/mol. The first-order valence-electron chi connectivity index (χ1n) is 6.24. The number of carbonyl (C=O) groups excluding carboxylic acids is 1. The predicted molar refractivity (Wildman–Crippen MR) is 68.8 cm³/mol. The van der Waals surface area contributed by atoms with Crippen molar-refractivity contribution < 1.29 is 9.18 Å². The van der Waals surface area contributed by atoms with E-state index in [-0.39, 0.29) is 17.8 Å². The second-order valence-corrected chi connectivity index (χ2v) is 4.48. The lowest BCUT2D eigenvalue weighted by Crippen LogP contribution is -2.48. The molecule has 98 valence electrons. The van der Waals surface area contributed by atoms with Gasteiger partial charge in [-0.1, -0.05) is 12.1 Å². The fraction of sp³-hybridized carbons (Fsp3) is 0.462. The van der Waals surface area contributed by atoms with Gasteiger partial charge in [-0.15, -0.1) is 0 Å². The van der Waals surface area contributed by atoms with Crippen LogP contribution >= 0.6 is 0 Å². The Morgan fingerprint density at radius 3 is 2.72 bits per heavy atom. The summed E-state index contributed by atoms with van der Waals surface area (Å²) in [7, 11) is 0. The SMILES string of the molecule is NCCN(C(=O)Nc1ccccc1F)C1CCC1. The van der Waals surface area contributed by atoms with Crippen molar-refractivity contribution in [3.8, 4) is 0 Å². The van der Waals surface area contributed by atoms with Crippen LogP contribution in [0, 0.1) is 5.82 Å². The van der Waals surface area contributed by atoms with Gasteiger partial charge in [-0.25, -0.2) is 9.18 Å². The van der Waals surface area contributed by atoms with E-state index in [1.54, 1.807) is 23.1 Å². The summed E-state index contributed by atoms with van der Waals surface area (Å²) in [5.74, 6) is -0.424. The standard InChI is InChI=1S/C13H18FN3O/c14-11-6-1-2-7-12(11)16-13(18)17(9-8-15)10-4-3-5-10/h1-2,6-7,10H,3-5,8-9,15H2,(H,16,18). The van der Waals surface area contributed by atoms with Crippen LogP contribution < -0.4 is 11.1 Å². The molecule has 0 atom stereocenters. The largest absolute Gasteiger partial charge is 0.329 e. The number of urea groups is 1. The van der Waals surface area contributed by atoms with Crippen LogP contribution in [0.15, 0.2) is 24.3 Å². The molecule has 0 bridgehead atoms. The Morgan fingerprint density at radius 2 is 2.17 bits per heavy atom. The maximum absolute atomic E-state index is 13.4. The zero-order valence-corrected chi connectivity index (χ0v) is 10.2. The molecule has 1 saturated carbocycles. The first-order chi connectivity index (χ1) is 8.72. The molecule has 0 aliphatic heterocycles. The number of benzene rings is 1. The summed E-state index contributed by atoms with van der Waals surface area (Å²) in [4.78, 5) is 13.8. The van der Waals surface area contributed by atoms with E-state index in [0.717, 1.165) is 19.3 Å². The number of para-hydroxylation sites is 1. The average Bonchev–Trinajstić information content (AvgIpc) is 2.29. The Hall–Kier alpha value is -1.62. The highest BCUT2D eigenvalue weighted by atomic mass is 19.1. The first kappa shape index (κ1) is 12.8. The summed E-state index contributed by atoms with van der Waals surface area (Å²) >= 11 is 0. The van der Waals surface area contributed by atoms with E-state index < -0.39 is 5.82 Å². The van der Waals surface area contributed by atoms with Crippen LogP contribution in [0.3, 0.4) is 0 Å². The minimum atomic E-state index is -0.424.